The molecule has 1 fully saturated rings. The van der Waals surface area contributed by atoms with Gasteiger partial charge in [-0.2, -0.15) is 0 Å². The lowest BCUT2D eigenvalue weighted by molar-refractivity contribution is -0.160. The van der Waals surface area contributed by atoms with E-state index in [1.54, 1.807) is 43.5 Å². The van der Waals surface area contributed by atoms with Gasteiger partial charge in [-0.25, -0.2) is 9.78 Å². The summed E-state index contributed by atoms with van der Waals surface area (Å²) in [6, 6.07) is 3.65. The number of aromatic hydroxyl groups is 1. The molecule has 364 valence electrons. The van der Waals surface area contributed by atoms with E-state index in [1.807, 2.05) is 52.7 Å². The number of nitrogens with zero attached hydrogens (tertiary/aromatic N) is 3. The number of thiazole rings is 1. The van der Waals surface area contributed by atoms with Crippen molar-refractivity contribution < 1.29 is 48.1 Å². The van der Waals surface area contributed by atoms with Gasteiger partial charge in [-0.1, -0.05) is 66.5 Å². The molecule has 0 spiro atoms. The van der Waals surface area contributed by atoms with Gasteiger partial charge >= 0.3 is 11.9 Å². The lowest BCUT2D eigenvalue weighted by Gasteiger charge is -2.43. The second-order valence-electron chi connectivity index (χ2n) is 18.7. The minimum atomic E-state index is -2.24. The summed E-state index contributed by atoms with van der Waals surface area (Å²) < 4.78 is 11.1. The Balaban J connectivity index is 1.96. The quantitative estimate of drug-likeness (QED) is 0.0458. The van der Waals surface area contributed by atoms with Gasteiger partial charge in [0, 0.05) is 43.3 Å². The van der Waals surface area contributed by atoms with Crippen LogP contribution >= 0.6 is 11.3 Å². The molecule has 16 nitrogen and oxygen atoms in total. The number of aromatic nitrogens is 1. The van der Waals surface area contributed by atoms with Crippen molar-refractivity contribution in [3.8, 4) is 5.75 Å². The number of carbonyl (C=O) groups is 6. The van der Waals surface area contributed by atoms with Crippen molar-refractivity contribution in [3.63, 3.8) is 0 Å². The summed E-state index contributed by atoms with van der Waals surface area (Å²) in [4.78, 5) is 101. The molecule has 1 aromatic heterocycles. The summed E-state index contributed by atoms with van der Waals surface area (Å²) in [5.74, 6) is -3.57. The van der Waals surface area contributed by atoms with Crippen molar-refractivity contribution in [2.75, 3.05) is 27.2 Å². The standard InChI is InChI=1S/C47H76N6O10SSi/c1-12-30(5)41(51-44(58)38-17-14-15-23-52(38)8)46(59)53(37(13-2)47(60)62-9)39(29(3)4)27-40(63-32(7)54)45-50-36(28-64-45)43(57)49-34(26-33-18-20-35(55)21-19-33)25-31(6)42(56)48-22-16-24-65(10,11)61/h18-21,28-31,34,37-41,55,61H,12-17,22-27H2,1-11H3,(H,48,56)(H,49,57)(H,51,58)/t30-,31+,34-,37?,38-,39-,40-,41+/m0/s1. The Kier molecular flexibility index (Phi) is 22.0. The van der Waals surface area contributed by atoms with Crippen molar-refractivity contribution in [3.05, 3.63) is 45.9 Å². The van der Waals surface area contributed by atoms with Gasteiger partial charge < -0.3 is 40.2 Å². The number of methoxy groups -OCH3 is 1. The van der Waals surface area contributed by atoms with Crippen LogP contribution in [0.5, 0.6) is 5.75 Å². The maximum absolute atomic E-state index is 15.1. The molecule has 0 radical (unpaired) electrons. The highest BCUT2D eigenvalue weighted by Crippen LogP contribution is 2.33. The number of amides is 4. The lowest BCUT2D eigenvalue weighted by atomic mass is 9.90. The minimum Gasteiger partial charge on any atom is -0.508 e. The van der Waals surface area contributed by atoms with E-state index in [-0.39, 0.29) is 47.9 Å². The summed E-state index contributed by atoms with van der Waals surface area (Å²) in [5.41, 5.74) is 0.894. The van der Waals surface area contributed by atoms with Crippen LogP contribution in [0.2, 0.25) is 19.1 Å². The molecule has 0 saturated carbocycles. The van der Waals surface area contributed by atoms with Crippen LogP contribution in [0.25, 0.3) is 0 Å². The van der Waals surface area contributed by atoms with Gasteiger partial charge in [-0.3, -0.25) is 28.9 Å². The average molecular weight is 945 g/mol. The van der Waals surface area contributed by atoms with Crippen molar-refractivity contribution in [1.82, 2.24) is 30.7 Å². The molecule has 18 heteroatoms. The summed E-state index contributed by atoms with van der Waals surface area (Å²) >= 11 is 1.12. The van der Waals surface area contributed by atoms with E-state index in [9.17, 15) is 33.9 Å². The number of piperidine rings is 1. The van der Waals surface area contributed by atoms with Crippen LogP contribution in [-0.2, 0) is 39.9 Å². The van der Waals surface area contributed by atoms with Crippen molar-refractivity contribution >= 4 is 55.2 Å². The average Bonchev–Trinajstić information content (AvgIpc) is 3.75. The van der Waals surface area contributed by atoms with Gasteiger partial charge in [0.05, 0.1) is 13.2 Å². The Bertz CT molecular complexity index is 1870. The van der Waals surface area contributed by atoms with Gasteiger partial charge in [0.15, 0.2) is 14.4 Å². The molecule has 1 saturated heterocycles. The monoisotopic (exact) mass is 945 g/mol. The zero-order valence-electron chi connectivity index (χ0n) is 40.5. The van der Waals surface area contributed by atoms with Gasteiger partial charge in [-0.15, -0.1) is 11.3 Å². The molecule has 1 aliphatic heterocycles. The number of phenolic OH excluding ortho intramolecular Hbond substituents is 1. The van der Waals surface area contributed by atoms with Crippen LogP contribution in [0.4, 0.5) is 0 Å². The smallest absolute Gasteiger partial charge is 0.328 e. The number of hydrogen-bond acceptors (Lipinski definition) is 13. The Morgan fingerprint density at radius 3 is 2.25 bits per heavy atom. The third kappa shape index (κ3) is 17.1. The highest BCUT2D eigenvalue weighted by molar-refractivity contribution is 7.09. The summed E-state index contributed by atoms with van der Waals surface area (Å²) in [7, 11) is 0.926. The molecule has 8 atom stereocenters. The number of phenols is 1. The van der Waals surface area contributed by atoms with Crippen molar-refractivity contribution in [2.45, 2.75) is 162 Å². The van der Waals surface area contributed by atoms with Crippen LogP contribution in [0.1, 0.15) is 127 Å². The van der Waals surface area contributed by atoms with E-state index in [0.29, 0.717) is 49.7 Å². The maximum atomic E-state index is 15.1. The molecule has 1 aromatic carbocycles. The summed E-state index contributed by atoms with van der Waals surface area (Å²) in [6.45, 7) is 17.4. The number of benzene rings is 1. The molecule has 1 unspecified atom stereocenters. The molecular weight excluding hydrogens is 869 g/mol. The van der Waals surface area contributed by atoms with Gasteiger partial charge in [-0.05, 0) is 101 Å². The number of rotatable bonds is 25. The highest BCUT2D eigenvalue weighted by atomic mass is 32.1. The highest BCUT2D eigenvalue weighted by Gasteiger charge is 2.43. The van der Waals surface area contributed by atoms with E-state index < -0.39 is 74.3 Å². The predicted octanol–water partition coefficient (Wildman–Crippen LogP) is 5.73. The number of nitrogens with one attached hydrogen (secondary N) is 3. The minimum absolute atomic E-state index is 0.0195. The Labute approximate surface area is 391 Å². The largest absolute Gasteiger partial charge is 0.508 e. The Hall–Kier alpha value is -4.39. The molecule has 1 aliphatic rings. The van der Waals surface area contributed by atoms with Gasteiger partial charge in [0.25, 0.3) is 5.91 Å². The summed E-state index contributed by atoms with van der Waals surface area (Å²) in [5, 5.41) is 20.8. The molecule has 2 aromatic rings. The van der Waals surface area contributed by atoms with Crippen LogP contribution in [0, 0.1) is 17.8 Å². The number of likely N-dealkylation sites (tertiary alicyclic amines) is 1. The lowest BCUT2D eigenvalue weighted by Crippen LogP contribution is -2.62. The van der Waals surface area contributed by atoms with Crippen molar-refractivity contribution in [2.24, 2.45) is 17.8 Å². The van der Waals surface area contributed by atoms with Gasteiger partial charge in [0.1, 0.15) is 28.5 Å². The van der Waals surface area contributed by atoms with Crippen LogP contribution in [0.15, 0.2) is 29.6 Å². The Morgan fingerprint density at radius 1 is 1.00 bits per heavy atom. The number of carbonyl (C=O) groups excluding carboxylic acids is 6. The fourth-order valence-electron chi connectivity index (χ4n) is 8.34. The normalized spacial score (nSPS) is 17.7. The molecule has 4 amide bonds. The number of ether oxygens (including phenoxy) is 2. The molecule has 5 N–H and O–H groups in total. The first kappa shape index (κ1) is 54.9. The number of esters is 2. The molecule has 0 aliphatic carbocycles. The number of hydrogen-bond donors (Lipinski definition) is 5. The fraction of sp³-hybridized carbons (Fsp3) is 0.681. The van der Waals surface area contributed by atoms with Crippen molar-refractivity contribution in [1.29, 1.82) is 0 Å². The topological polar surface area (TPSA) is 217 Å². The third-order valence-electron chi connectivity index (χ3n) is 12.3. The first-order valence-electron chi connectivity index (χ1n) is 23.2. The zero-order valence-corrected chi connectivity index (χ0v) is 42.3. The Morgan fingerprint density at radius 2 is 1.68 bits per heavy atom. The van der Waals surface area contributed by atoms with E-state index >= 15 is 4.79 Å². The zero-order chi connectivity index (χ0) is 48.6. The van der Waals surface area contributed by atoms with E-state index in [1.165, 1.54) is 18.9 Å². The second kappa shape index (κ2) is 26.1. The van der Waals surface area contributed by atoms with E-state index in [4.69, 9.17) is 9.47 Å². The molecule has 0 bridgehead atoms. The predicted molar refractivity (Wildman–Crippen MR) is 253 cm³/mol. The molecular formula is C47H76N6O10SSi. The molecule has 65 heavy (non-hydrogen) atoms. The van der Waals surface area contributed by atoms with Crippen LogP contribution < -0.4 is 16.0 Å². The van der Waals surface area contributed by atoms with Crippen LogP contribution in [0.3, 0.4) is 0 Å². The molecule has 2 heterocycles. The SMILES string of the molecule is CCC(C(=O)OC)N(C(=O)[C@H](NC(=O)[C@@H]1CCCCN1C)[C@@H](C)CC)[C@@H](C[C@H](OC(C)=O)c1nc(C(=O)N[C@H](Cc2ccc(O)cc2)C[C@@H](C)C(=O)NCCC[Si](C)(C)O)cs1)C(C)C. The second-order valence-corrected chi connectivity index (χ2v) is 23.7. The first-order chi connectivity index (χ1) is 30.6. The summed E-state index contributed by atoms with van der Waals surface area (Å²) in [6.07, 6.45) is 3.63. The van der Waals surface area contributed by atoms with E-state index in [0.717, 1.165) is 36.3 Å². The van der Waals surface area contributed by atoms with Crippen LogP contribution in [-0.4, -0.2) is 126 Å². The first-order valence-corrected chi connectivity index (χ1v) is 27.3. The number of likely N-dealkylation sites (N-methyl/N-ethyl adjacent to an activating group) is 1. The van der Waals surface area contributed by atoms with Gasteiger partial charge in [0.2, 0.25) is 17.7 Å². The molecule has 3 rings (SSSR count). The fourth-order valence-corrected chi connectivity index (χ4v) is 10.2. The maximum Gasteiger partial charge on any atom is 0.328 e. The third-order valence-corrected chi connectivity index (χ3v) is 14.8. The van der Waals surface area contributed by atoms with E-state index in [2.05, 4.69) is 20.9 Å².